The lowest BCUT2D eigenvalue weighted by molar-refractivity contribution is -0.123. The van der Waals surface area contributed by atoms with Gasteiger partial charge in [-0.15, -0.1) is 0 Å². The molecule has 1 N–H and O–H groups in total. The van der Waals surface area contributed by atoms with E-state index < -0.39 is 0 Å². The van der Waals surface area contributed by atoms with Gasteiger partial charge in [-0.1, -0.05) is 23.2 Å². The normalized spacial score (nSPS) is 10.9. The van der Waals surface area contributed by atoms with Gasteiger partial charge in [0.15, 0.2) is 6.61 Å². The van der Waals surface area contributed by atoms with Crippen LogP contribution in [-0.4, -0.2) is 18.7 Å². The maximum Gasteiger partial charge on any atom is 0.258 e. The molecule has 0 bridgehead atoms. The van der Waals surface area contributed by atoms with E-state index in [1.165, 1.54) is 0 Å². The number of carbonyl (C=O) groups is 1. The molecule has 0 aliphatic heterocycles. The topological polar surface area (TPSA) is 63.8 Å². The molecule has 1 heterocycles. The van der Waals surface area contributed by atoms with E-state index in [0.29, 0.717) is 33.8 Å². The molecule has 0 aliphatic rings. The van der Waals surface area contributed by atoms with Crippen molar-refractivity contribution in [1.29, 1.82) is 0 Å². The number of amides is 1. The highest BCUT2D eigenvalue weighted by Crippen LogP contribution is 2.26. The number of hydrogen-bond acceptors (Lipinski definition) is 4. The maximum absolute atomic E-state index is 11.8. The minimum atomic E-state index is -0.225. The largest absolute Gasteiger partial charge is 0.484 e. The fourth-order valence-corrected chi connectivity index (χ4v) is 2.46. The van der Waals surface area contributed by atoms with Crippen molar-refractivity contribution in [2.75, 3.05) is 6.61 Å². The lowest BCUT2D eigenvalue weighted by Gasteiger charge is -2.06. The molecule has 138 valence electrons. The Bertz CT molecular complexity index is 923. The third-order valence-corrected chi connectivity index (χ3v) is 4.29. The van der Waals surface area contributed by atoms with Crippen molar-refractivity contribution in [2.45, 2.75) is 6.54 Å². The Labute approximate surface area is 166 Å². The number of nitrogens with one attached hydrogen (secondary N) is 1. The summed E-state index contributed by atoms with van der Waals surface area (Å²) in [6, 6.07) is 16.0. The molecule has 1 amide bonds. The highest BCUT2D eigenvalue weighted by atomic mass is 35.5. The number of furan rings is 1. The van der Waals surface area contributed by atoms with Gasteiger partial charge in [-0.3, -0.25) is 9.79 Å². The Kier molecular flexibility index (Phi) is 6.52. The van der Waals surface area contributed by atoms with Crippen molar-refractivity contribution >= 4 is 41.0 Å². The second-order valence-electron chi connectivity index (χ2n) is 5.57. The molecule has 1 aromatic heterocycles. The van der Waals surface area contributed by atoms with Gasteiger partial charge >= 0.3 is 0 Å². The van der Waals surface area contributed by atoms with E-state index in [0.717, 1.165) is 5.56 Å². The second kappa shape index (κ2) is 9.26. The average Bonchev–Trinajstić information content (AvgIpc) is 3.20. The Morgan fingerprint density at radius 3 is 2.63 bits per heavy atom. The van der Waals surface area contributed by atoms with Crippen LogP contribution in [0, 0.1) is 0 Å². The molecule has 0 radical (unpaired) electrons. The van der Waals surface area contributed by atoms with Crippen LogP contribution in [0.1, 0.15) is 11.3 Å². The Balaban J connectivity index is 1.48. The Hall–Kier alpha value is -2.76. The molecule has 3 rings (SSSR count). The van der Waals surface area contributed by atoms with E-state index >= 15 is 0 Å². The molecular formula is C20H16Cl2N2O3. The lowest BCUT2D eigenvalue weighted by Crippen LogP contribution is -2.28. The van der Waals surface area contributed by atoms with E-state index in [-0.39, 0.29) is 12.5 Å². The molecule has 5 nitrogen and oxygen atoms in total. The molecule has 0 saturated heterocycles. The molecule has 0 saturated carbocycles. The average molecular weight is 403 g/mol. The Morgan fingerprint density at radius 1 is 1.11 bits per heavy atom. The minimum absolute atomic E-state index is 0.0720. The number of ether oxygens (including phenoxy) is 1. The first-order valence-corrected chi connectivity index (χ1v) is 8.87. The zero-order valence-corrected chi connectivity index (χ0v) is 15.7. The minimum Gasteiger partial charge on any atom is -0.484 e. The first-order chi connectivity index (χ1) is 13.1. The standard InChI is InChI=1S/C20H16Cl2N2O3/c21-18-8-5-15(10-19(18)22)23-11-14-3-6-16(7-4-14)27-13-20(25)24-12-17-2-1-9-26-17/h1-11H,12-13H2,(H,24,25). The third-order valence-electron chi connectivity index (χ3n) is 3.56. The van der Waals surface area contributed by atoms with Crippen molar-refractivity contribution in [3.8, 4) is 5.75 Å². The predicted molar refractivity (Wildman–Crippen MR) is 106 cm³/mol. The van der Waals surface area contributed by atoms with Gasteiger partial charge in [-0.25, -0.2) is 0 Å². The molecule has 0 fully saturated rings. The molecular weight excluding hydrogens is 387 g/mol. The molecule has 0 aliphatic carbocycles. The van der Waals surface area contributed by atoms with Crippen LogP contribution in [-0.2, 0) is 11.3 Å². The van der Waals surface area contributed by atoms with E-state index in [1.54, 1.807) is 54.9 Å². The highest BCUT2D eigenvalue weighted by Gasteiger charge is 2.04. The van der Waals surface area contributed by atoms with Gasteiger partial charge in [0.05, 0.1) is 28.5 Å². The fraction of sp³-hybridized carbons (Fsp3) is 0.100. The maximum atomic E-state index is 11.8. The lowest BCUT2D eigenvalue weighted by atomic mass is 10.2. The summed E-state index contributed by atoms with van der Waals surface area (Å²) in [6.07, 6.45) is 3.27. The summed E-state index contributed by atoms with van der Waals surface area (Å²) in [7, 11) is 0. The van der Waals surface area contributed by atoms with Gasteiger partial charge in [-0.05, 0) is 60.2 Å². The van der Waals surface area contributed by atoms with Crippen molar-refractivity contribution in [2.24, 2.45) is 4.99 Å². The van der Waals surface area contributed by atoms with Crippen LogP contribution in [0.5, 0.6) is 5.75 Å². The van der Waals surface area contributed by atoms with Crippen LogP contribution < -0.4 is 10.1 Å². The third kappa shape index (κ3) is 5.88. The van der Waals surface area contributed by atoms with E-state index in [4.69, 9.17) is 32.4 Å². The molecule has 3 aromatic rings. The van der Waals surface area contributed by atoms with Gasteiger partial charge in [0.2, 0.25) is 0 Å². The van der Waals surface area contributed by atoms with E-state index in [9.17, 15) is 4.79 Å². The number of nitrogens with zero attached hydrogens (tertiary/aromatic N) is 1. The summed E-state index contributed by atoms with van der Waals surface area (Å²) < 4.78 is 10.6. The monoisotopic (exact) mass is 402 g/mol. The predicted octanol–water partition coefficient (Wildman–Crippen LogP) is 5.03. The molecule has 7 heteroatoms. The first-order valence-electron chi connectivity index (χ1n) is 8.11. The van der Waals surface area contributed by atoms with Crippen molar-refractivity contribution in [3.05, 3.63) is 82.2 Å². The zero-order chi connectivity index (χ0) is 19.1. The van der Waals surface area contributed by atoms with Gasteiger partial charge in [0.25, 0.3) is 5.91 Å². The SMILES string of the molecule is O=C(COc1ccc(C=Nc2ccc(Cl)c(Cl)c2)cc1)NCc1ccco1. The van der Waals surface area contributed by atoms with Crippen LogP contribution in [0.25, 0.3) is 0 Å². The number of carbonyl (C=O) groups excluding carboxylic acids is 1. The number of rotatable bonds is 7. The quantitative estimate of drug-likeness (QED) is 0.563. The van der Waals surface area contributed by atoms with Gasteiger partial charge in [0.1, 0.15) is 11.5 Å². The Morgan fingerprint density at radius 2 is 1.93 bits per heavy atom. The molecule has 0 atom stereocenters. The van der Waals surface area contributed by atoms with Crippen LogP contribution in [0.3, 0.4) is 0 Å². The summed E-state index contributed by atoms with van der Waals surface area (Å²) in [6.45, 7) is 0.261. The summed E-state index contributed by atoms with van der Waals surface area (Å²) >= 11 is 11.8. The number of benzene rings is 2. The van der Waals surface area contributed by atoms with Crippen LogP contribution in [0.4, 0.5) is 5.69 Å². The number of halogens is 2. The summed E-state index contributed by atoms with van der Waals surface area (Å²) in [4.78, 5) is 16.1. The van der Waals surface area contributed by atoms with Crippen LogP contribution in [0.15, 0.2) is 70.3 Å². The van der Waals surface area contributed by atoms with Crippen LogP contribution in [0.2, 0.25) is 10.0 Å². The second-order valence-corrected chi connectivity index (χ2v) is 6.38. The fourth-order valence-electron chi connectivity index (χ4n) is 2.16. The van der Waals surface area contributed by atoms with Crippen molar-refractivity contribution in [3.63, 3.8) is 0 Å². The van der Waals surface area contributed by atoms with Crippen LogP contribution >= 0.6 is 23.2 Å². The summed E-state index contributed by atoms with van der Waals surface area (Å²) in [5, 5.41) is 3.66. The highest BCUT2D eigenvalue weighted by molar-refractivity contribution is 6.42. The number of hydrogen-bond donors (Lipinski definition) is 1. The summed E-state index contributed by atoms with van der Waals surface area (Å²) in [5.41, 5.74) is 1.59. The van der Waals surface area contributed by atoms with Gasteiger partial charge in [0, 0.05) is 6.21 Å². The van der Waals surface area contributed by atoms with Crippen molar-refractivity contribution < 1.29 is 13.9 Å². The first kappa shape index (κ1) is 19.0. The molecule has 0 spiro atoms. The smallest absolute Gasteiger partial charge is 0.258 e. The van der Waals surface area contributed by atoms with E-state index in [2.05, 4.69) is 10.3 Å². The molecule has 27 heavy (non-hydrogen) atoms. The van der Waals surface area contributed by atoms with Gasteiger partial charge < -0.3 is 14.5 Å². The zero-order valence-electron chi connectivity index (χ0n) is 14.2. The summed E-state index contributed by atoms with van der Waals surface area (Å²) in [5.74, 6) is 1.06. The number of aliphatic imine (C=N–C) groups is 1. The molecule has 2 aromatic carbocycles. The van der Waals surface area contributed by atoms with Gasteiger partial charge in [-0.2, -0.15) is 0 Å². The van der Waals surface area contributed by atoms with Crippen molar-refractivity contribution in [1.82, 2.24) is 5.32 Å². The molecule has 0 unspecified atom stereocenters. The van der Waals surface area contributed by atoms with E-state index in [1.807, 2.05) is 12.1 Å².